The van der Waals surface area contributed by atoms with E-state index in [0.29, 0.717) is 22.3 Å². The Labute approximate surface area is 268 Å². The highest BCUT2D eigenvalue weighted by molar-refractivity contribution is 6.32. The van der Waals surface area contributed by atoms with E-state index in [1.807, 2.05) is 91.0 Å². The molecule has 44 heavy (non-hydrogen) atoms. The maximum absolute atomic E-state index is 9.75. The summed E-state index contributed by atoms with van der Waals surface area (Å²) in [6.07, 6.45) is 0. The Balaban J connectivity index is 1.59. The third-order valence-corrected chi connectivity index (χ3v) is 9.04. The fraction of sp³-hybridized carbons (Fsp3) is 0. The lowest BCUT2D eigenvalue weighted by molar-refractivity contribution is 1.70. The molecule has 10 aromatic rings. The van der Waals surface area contributed by atoms with E-state index in [0.717, 1.165) is 43.1 Å². The highest BCUT2D eigenvalue weighted by atomic mass is 14.2. The summed E-state index contributed by atoms with van der Waals surface area (Å²) >= 11 is 0. The average molecular weight is 565 g/mol. The third-order valence-electron chi connectivity index (χ3n) is 9.04. The molecule has 0 saturated heterocycles. The molecule has 0 unspecified atom stereocenters. The van der Waals surface area contributed by atoms with Crippen LogP contribution in [0.3, 0.4) is 0 Å². The molecule has 10 aromatic carbocycles. The van der Waals surface area contributed by atoms with Gasteiger partial charge in [-0.05, 0) is 97.7 Å². The Morgan fingerprint density at radius 1 is 0.295 bits per heavy atom. The molecule has 0 aliphatic heterocycles. The van der Waals surface area contributed by atoms with Crippen molar-refractivity contribution in [2.24, 2.45) is 0 Å². The summed E-state index contributed by atoms with van der Waals surface area (Å²) in [5.41, 5.74) is 1.77. The first-order valence-electron chi connectivity index (χ1n) is 19.5. The van der Waals surface area contributed by atoms with E-state index in [1.165, 1.54) is 0 Å². The van der Waals surface area contributed by atoms with Gasteiger partial charge in [0.1, 0.15) is 0 Å². The minimum atomic E-state index is -0.527. The van der Waals surface area contributed by atoms with Gasteiger partial charge in [0.15, 0.2) is 0 Å². The highest BCUT2D eigenvalue weighted by Crippen LogP contribution is 2.49. The molecule has 10 rings (SSSR count). The predicted octanol–water partition coefficient (Wildman–Crippen LogP) is 12.5. The maximum Gasteiger partial charge on any atom is 0.0630 e. The normalized spacial score (nSPS) is 15.3. The Bertz CT molecular complexity index is 3310. The second-order valence-electron chi connectivity index (χ2n) is 11.2. The SMILES string of the molecule is [2H]c1c([2H])c([2H])c2c(-c3cccc4ccccc34)c3c(c([2H])c([2H])c4c([2H])c([2H])c([2H])c([2H])c43)c(-c3ccc4ccc5cccc6ccc3c4c56)c2c1[2H]. The lowest BCUT2D eigenvalue weighted by Crippen LogP contribution is -1.94. The van der Waals surface area contributed by atoms with Crippen LogP contribution in [0.15, 0.2) is 157 Å². The van der Waals surface area contributed by atoms with Crippen molar-refractivity contribution in [3.8, 4) is 22.3 Å². The number of hydrogen-bond donors (Lipinski definition) is 0. The van der Waals surface area contributed by atoms with Crippen LogP contribution in [0.4, 0.5) is 0 Å². The van der Waals surface area contributed by atoms with Gasteiger partial charge in [-0.25, -0.2) is 0 Å². The highest BCUT2D eigenvalue weighted by Gasteiger charge is 2.21. The van der Waals surface area contributed by atoms with E-state index < -0.39 is 42.3 Å². The molecule has 0 heteroatoms. The van der Waals surface area contributed by atoms with Gasteiger partial charge < -0.3 is 0 Å². The topological polar surface area (TPSA) is 0 Å². The van der Waals surface area contributed by atoms with Crippen molar-refractivity contribution in [1.82, 2.24) is 0 Å². The molecule has 0 spiro atoms. The van der Waals surface area contributed by atoms with Gasteiger partial charge in [-0.15, -0.1) is 0 Å². The quantitative estimate of drug-likeness (QED) is 0.145. The Morgan fingerprint density at radius 3 is 1.77 bits per heavy atom. The van der Waals surface area contributed by atoms with E-state index in [2.05, 4.69) is 6.07 Å². The molecule has 0 amide bonds. The van der Waals surface area contributed by atoms with Gasteiger partial charge in [-0.3, -0.25) is 0 Å². The van der Waals surface area contributed by atoms with E-state index in [-0.39, 0.29) is 50.4 Å². The standard InChI is InChI=1S/C44H26/c1-3-14-32-27(9-1)11-8-18-34(32)44-36-17-6-5-16-35(36)42(39-26-21-28-10-2-4-15-33(28)43(39)44)38-25-23-31-20-19-29-12-7-13-30-22-24-37(38)41(31)40(29)30/h1-26H/i2D,4D,5D,6D,10D,15D,16D,17D,21D,26D. The van der Waals surface area contributed by atoms with Crippen LogP contribution in [-0.2, 0) is 0 Å². The van der Waals surface area contributed by atoms with Gasteiger partial charge in [-0.2, -0.15) is 0 Å². The lowest BCUT2D eigenvalue weighted by Gasteiger charge is -2.21. The summed E-state index contributed by atoms with van der Waals surface area (Å²) in [4.78, 5) is 0. The van der Waals surface area contributed by atoms with Crippen LogP contribution in [0.5, 0.6) is 0 Å². The molecule has 0 radical (unpaired) electrons. The monoisotopic (exact) mass is 564 g/mol. The maximum atomic E-state index is 9.75. The Morgan fingerprint density at radius 2 is 0.909 bits per heavy atom. The first kappa shape index (κ1) is 16.2. The van der Waals surface area contributed by atoms with Crippen molar-refractivity contribution in [2.75, 3.05) is 0 Å². The van der Waals surface area contributed by atoms with Crippen molar-refractivity contribution < 1.29 is 13.7 Å². The Hall–Kier alpha value is -5.72. The minimum absolute atomic E-state index is 0.0215. The summed E-state index contributed by atoms with van der Waals surface area (Å²) in [5.74, 6) is 0. The molecule has 0 atom stereocenters. The number of benzene rings is 10. The average Bonchev–Trinajstić information content (AvgIpc) is 3.19. The molecular formula is C44H26. The van der Waals surface area contributed by atoms with Crippen molar-refractivity contribution in [3.63, 3.8) is 0 Å². The summed E-state index contributed by atoms with van der Waals surface area (Å²) in [7, 11) is 0. The molecule has 0 fully saturated rings. The molecular weight excluding hydrogens is 528 g/mol. The summed E-state index contributed by atoms with van der Waals surface area (Å²) in [6.45, 7) is 0. The second kappa shape index (κ2) is 8.89. The van der Waals surface area contributed by atoms with Crippen LogP contribution in [-0.4, -0.2) is 0 Å². The smallest absolute Gasteiger partial charge is 0.0616 e. The van der Waals surface area contributed by atoms with Gasteiger partial charge >= 0.3 is 0 Å². The van der Waals surface area contributed by atoms with E-state index in [9.17, 15) is 6.85 Å². The fourth-order valence-electron chi connectivity index (χ4n) is 7.22. The zero-order valence-electron chi connectivity index (χ0n) is 33.2. The molecule has 0 heterocycles. The summed E-state index contributed by atoms with van der Waals surface area (Å²) < 4.78 is 91.7. The van der Waals surface area contributed by atoms with E-state index in [1.54, 1.807) is 0 Å². The van der Waals surface area contributed by atoms with Crippen molar-refractivity contribution in [2.45, 2.75) is 0 Å². The molecule has 0 saturated carbocycles. The summed E-state index contributed by atoms with van der Waals surface area (Å²) in [6, 6.07) is 27.1. The van der Waals surface area contributed by atoms with Gasteiger partial charge in [0.2, 0.25) is 0 Å². The first-order valence-corrected chi connectivity index (χ1v) is 14.5. The van der Waals surface area contributed by atoms with Crippen LogP contribution in [0.1, 0.15) is 13.7 Å². The molecule has 0 aromatic heterocycles. The number of hydrogen-bond acceptors (Lipinski definition) is 0. The van der Waals surface area contributed by atoms with Crippen LogP contribution < -0.4 is 0 Å². The van der Waals surface area contributed by atoms with Crippen molar-refractivity contribution >= 4 is 75.4 Å². The summed E-state index contributed by atoms with van der Waals surface area (Å²) in [5, 5.41) is 8.02. The van der Waals surface area contributed by atoms with E-state index >= 15 is 0 Å². The zero-order chi connectivity index (χ0) is 37.5. The largest absolute Gasteiger partial charge is 0.0630 e. The van der Waals surface area contributed by atoms with Crippen LogP contribution in [0.25, 0.3) is 97.7 Å². The first-order chi connectivity index (χ1) is 26.0. The van der Waals surface area contributed by atoms with Gasteiger partial charge in [0, 0.05) is 0 Å². The minimum Gasteiger partial charge on any atom is -0.0616 e. The third kappa shape index (κ3) is 3.17. The zero-order valence-corrected chi connectivity index (χ0v) is 23.2. The molecule has 0 bridgehead atoms. The molecule has 0 N–H and O–H groups in total. The lowest BCUT2D eigenvalue weighted by atomic mass is 9.81. The van der Waals surface area contributed by atoms with Crippen molar-refractivity contribution in [1.29, 1.82) is 0 Å². The Kier molecular flexibility index (Phi) is 3.28. The van der Waals surface area contributed by atoms with Gasteiger partial charge in [-0.1, -0.05) is 157 Å². The van der Waals surface area contributed by atoms with E-state index in [4.69, 9.17) is 6.85 Å². The van der Waals surface area contributed by atoms with Crippen LogP contribution >= 0.6 is 0 Å². The number of rotatable bonds is 2. The van der Waals surface area contributed by atoms with Crippen LogP contribution in [0.2, 0.25) is 0 Å². The molecule has 0 aliphatic rings. The molecule has 0 aliphatic carbocycles. The molecule has 202 valence electrons. The van der Waals surface area contributed by atoms with Crippen LogP contribution in [0, 0.1) is 0 Å². The second-order valence-corrected chi connectivity index (χ2v) is 11.2. The van der Waals surface area contributed by atoms with Gasteiger partial charge in [0.05, 0.1) is 13.7 Å². The van der Waals surface area contributed by atoms with Gasteiger partial charge in [0.25, 0.3) is 0 Å². The van der Waals surface area contributed by atoms with Crippen molar-refractivity contribution in [3.05, 3.63) is 157 Å². The predicted molar refractivity (Wildman–Crippen MR) is 191 cm³/mol. The molecule has 0 nitrogen and oxygen atoms in total. The number of fused-ring (bicyclic) bond motifs is 5. The fourth-order valence-corrected chi connectivity index (χ4v) is 7.22.